The van der Waals surface area contributed by atoms with Gasteiger partial charge in [0.15, 0.2) is 5.65 Å². The highest BCUT2D eigenvalue weighted by molar-refractivity contribution is 6.36. The second-order valence-corrected chi connectivity index (χ2v) is 8.20. The third kappa shape index (κ3) is 3.25. The van der Waals surface area contributed by atoms with Crippen molar-refractivity contribution in [2.45, 2.75) is 38.0 Å². The van der Waals surface area contributed by atoms with Gasteiger partial charge >= 0.3 is 0 Å². The normalized spacial score (nSPS) is 18.3. The predicted molar refractivity (Wildman–Crippen MR) is 107 cm³/mol. The standard InChI is InChI=1S/C21H23ClN4O/c22-20-18(9-12-26-19(13-14-1-2-14)23-24-21(20)26)25-10-7-16(8-11-25)15-3-5-17(27)6-4-15/h3-6,9,12,14,16,27H,1-2,7-8,10-11,13H2. The van der Waals surface area contributed by atoms with Crippen LogP contribution >= 0.6 is 11.6 Å². The second-order valence-electron chi connectivity index (χ2n) is 7.83. The summed E-state index contributed by atoms with van der Waals surface area (Å²) < 4.78 is 2.05. The van der Waals surface area contributed by atoms with Crippen LogP contribution in [0.2, 0.25) is 5.02 Å². The summed E-state index contributed by atoms with van der Waals surface area (Å²) in [5.41, 5.74) is 3.13. The van der Waals surface area contributed by atoms with E-state index in [1.165, 1.54) is 18.4 Å². The molecule has 2 aliphatic rings. The summed E-state index contributed by atoms with van der Waals surface area (Å²) in [7, 11) is 0. The van der Waals surface area contributed by atoms with Crippen LogP contribution in [-0.2, 0) is 6.42 Å². The van der Waals surface area contributed by atoms with Gasteiger partial charge < -0.3 is 10.0 Å². The molecule has 0 amide bonds. The third-order valence-electron chi connectivity index (χ3n) is 5.94. The average molecular weight is 383 g/mol. The molecule has 5 rings (SSSR count). The van der Waals surface area contributed by atoms with E-state index in [0.29, 0.717) is 16.7 Å². The summed E-state index contributed by atoms with van der Waals surface area (Å²) >= 11 is 6.72. The molecule has 1 N–H and O–H groups in total. The largest absolute Gasteiger partial charge is 0.508 e. The Hall–Kier alpha value is -2.27. The molecule has 1 saturated heterocycles. The Bertz CT molecular complexity index is 956. The van der Waals surface area contributed by atoms with Crippen LogP contribution in [0.1, 0.15) is 43.0 Å². The van der Waals surface area contributed by atoms with Crippen LogP contribution in [0.4, 0.5) is 5.69 Å². The van der Waals surface area contributed by atoms with Gasteiger partial charge in [0.05, 0.1) is 5.69 Å². The molecule has 3 aromatic rings. The molecule has 0 radical (unpaired) electrons. The van der Waals surface area contributed by atoms with E-state index in [4.69, 9.17) is 11.6 Å². The Morgan fingerprint density at radius 2 is 1.74 bits per heavy atom. The second kappa shape index (κ2) is 6.71. The van der Waals surface area contributed by atoms with Gasteiger partial charge in [0.1, 0.15) is 16.6 Å². The fourth-order valence-electron chi connectivity index (χ4n) is 4.13. The van der Waals surface area contributed by atoms with Gasteiger partial charge in [-0.05, 0) is 61.3 Å². The van der Waals surface area contributed by atoms with Gasteiger partial charge in [0, 0.05) is 25.7 Å². The number of piperidine rings is 1. The minimum absolute atomic E-state index is 0.325. The molecule has 5 nitrogen and oxygen atoms in total. The van der Waals surface area contributed by atoms with E-state index >= 15 is 0 Å². The van der Waals surface area contributed by atoms with E-state index in [2.05, 4.69) is 27.4 Å². The quantitative estimate of drug-likeness (QED) is 0.725. The molecule has 0 unspecified atom stereocenters. The minimum atomic E-state index is 0.325. The number of nitrogens with zero attached hydrogens (tertiary/aromatic N) is 4. The molecule has 1 aromatic carbocycles. The molecule has 2 fully saturated rings. The molecule has 0 bridgehead atoms. The van der Waals surface area contributed by atoms with Crippen LogP contribution in [-0.4, -0.2) is 32.8 Å². The molecular weight excluding hydrogens is 360 g/mol. The van der Waals surface area contributed by atoms with Crippen LogP contribution in [0.25, 0.3) is 5.65 Å². The molecule has 27 heavy (non-hydrogen) atoms. The first-order valence-electron chi connectivity index (χ1n) is 9.75. The summed E-state index contributed by atoms with van der Waals surface area (Å²) in [6, 6.07) is 9.72. The highest BCUT2D eigenvalue weighted by Crippen LogP contribution is 2.36. The van der Waals surface area contributed by atoms with Crippen molar-refractivity contribution in [2.24, 2.45) is 5.92 Å². The maximum Gasteiger partial charge on any atom is 0.181 e. The number of anilines is 1. The lowest BCUT2D eigenvalue weighted by atomic mass is 9.89. The summed E-state index contributed by atoms with van der Waals surface area (Å²) in [5, 5.41) is 18.9. The lowest BCUT2D eigenvalue weighted by molar-refractivity contribution is 0.473. The molecule has 1 aliphatic heterocycles. The van der Waals surface area contributed by atoms with Crippen molar-refractivity contribution in [1.29, 1.82) is 0 Å². The number of hydrogen-bond donors (Lipinski definition) is 1. The van der Waals surface area contributed by atoms with E-state index in [-0.39, 0.29) is 0 Å². The van der Waals surface area contributed by atoms with E-state index in [0.717, 1.165) is 55.4 Å². The zero-order valence-electron chi connectivity index (χ0n) is 15.2. The van der Waals surface area contributed by atoms with Crippen molar-refractivity contribution in [3.8, 4) is 5.75 Å². The van der Waals surface area contributed by atoms with Gasteiger partial charge in [-0.15, -0.1) is 10.2 Å². The number of fused-ring (bicyclic) bond motifs is 1. The molecule has 1 aliphatic carbocycles. The Morgan fingerprint density at radius 1 is 1.00 bits per heavy atom. The topological polar surface area (TPSA) is 53.7 Å². The van der Waals surface area contributed by atoms with E-state index in [1.807, 2.05) is 16.5 Å². The van der Waals surface area contributed by atoms with Gasteiger partial charge in [-0.1, -0.05) is 23.7 Å². The monoisotopic (exact) mass is 382 g/mol. The number of hydrogen-bond acceptors (Lipinski definition) is 4. The summed E-state index contributed by atoms with van der Waals surface area (Å²) in [6.45, 7) is 1.93. The summed E-state index contributed by atoms with van der Waals surface area (Å²) in [5.74, 6) is 2.65. The number of rotatable bonds is 4. The summed E-state index contributed by atoms with van der Waals surface area (Å²) in [4.78, 5) is 2.36. The van der Waals surface area contributed by atoms with Gasteiger partial charge in [-0.25, -0.2) is 0 Å². The number of pyridine rings is 1. The van der Waals surface area contributed by atoms with Crippen molar-refractivity contribution in [3.63, 3.8) is 0 Å². The number of phenols is 1. The van der Waals surface area contributed by atoms with E-state index < -0.39 is 0 Å². The number of benzene rings is 1. The first-order chi connectivity index (χ1) is 13.2. The van der Waals surface area contributed by atoms with Crippen LogP contribution in [0.3, 0.4) is 0 Å². The van der Waals surface area contributed by atoms with Gasteiger partial charge in [0.2, 0.25) is 0 Å². The highest BCUT2D eigenvalue weighted by Gasteiger charge is 2.26. The lowest BCUT2D eigenvalue weighted by Crippen LogP contribution is -2.33. The van der Waals surface area contributed by atoms with Crippen molar-refractivity contribution in [2.75, 3.05) is 18.0 Å². The predicted octanol–water partition coefficient (Wildman–Crippen LogP) is 4.42. The Labute approximate surface area is 163 Å². The fourth-order valence-corrected chi connectivity index (χ4v) is 4.44. The van der Waals surface area contributed by atoms with Crippen LogP contribution in [0.15, 0.2) is 36.5 Å². The van der Waals surface area contributed by atoms with Crippen LogP contribution in [0, 0.1) is 5.92 Å². The number of phenolic OH excluding ortho intramolecular Hbond substituents is 1. The first-order valence-corrected chi connectivity index (χ1v) is 10.1. The molecule has 3 heterocycles. The van der Waals surface area contributed by atoms with E-state index in [9.17, 15) is 5.11 Å². The van der Waals surface area contributed by atoms with Crippen molar-refractivity contribution < 1.29 is 5.11 Å². The highest BCUT2D eigenvalue weighted by atomic mass is 35.5. The van der Waals surface area contributed by atoms with Gasteiger partial charge in [-0.2, -0.15) is 0 Å². The molecule has 140 valence electrons. The van der Waals surface area contributed by atoms with Gasteiger partial charge in [0.25, 0.3) is 0 Å². The number of aromatic hydroxyl groups is 1. The smallest absolute Gasteiger partial charge is 0.181 e. The Kier molecular flexibility index (Phi) is 4.20. The third-order valence-corrected chi connectivity index (χ3v) is 6.30. The molecule has 0 atom stereocenters. The minimum Gasteiger partial charge on any atom is -0.508 e. The van der Waals surface area contributed by atoms with Crippen LogP contribution in [0.5, 0.6) is 5.75 Å². The molecular formula is C21H23ClN4O. The Morgan fingerprint density at radius 3 is 2.44 bits per heavy atom. The molecule has 0 spiro atoms. The fraction of sp³-hybridized carbons (Fsp3) is 0.429. The number of aromatic nitrogens is 3. The van der Waals surface area contributed by atoms with E-state index in [1.54, 1.807) is 12.1 Å². The van der Waals surface area contributed by atoms with Crippen molar-refractivity contribution >= 4 is 22.9 Å². The van der Waals surface area contributed by atoms with Crippen molar-refractivity contribution in [1.82, 2.24) is 14.6 Å². The zero-order chi connectivity index (χ0) is 18.4. The molecule has 1 saturated carbocycles. The average Bonchev–Trinajstić information content (AvgIpc) is 3.42. The first kappa shape index (κ1) is 16.9. The summed E-state index contributed by atoms with van der Waals surface area (Å²) in [6.07, 6.45) is 7.82. The lowest BCUT2D eigenvalue weighted by Gasteiger charge is -2.34. The molecule has 6 heteroatoms. The molecule has 2 aromatic heterocycles. The maximum atomic E-state index is 9.48. The number of halogens is 1. The van der Waals surface area contributed by atoms with Crippen LogP contribution < -0.4 is 4.90 Å². The van der Waals surface area contributed by atoms with Gasteiger partial charge in [-0.3, -0.25) is 4.40 Å². The maximum absolute atomic E-state index is 9.48. The SMILES string of the molecule is Oc1ccc(C2CCN(c3ccn4c(CC5CC5)nnc4c3Cl)CC2)cc1. The zero-order valence-corrected chi connectivity index (χ0v) is 15.9. The van der Waals surface area contributed by atoms with Crippen molar-refractivity contribution in [3.05, 3.63) is 52.9 Å². The Balaban J connectivity index is 1.33.